The van der Waals surface area contributed by atoms with Gasteiger partial charge in [0.1, 0.15) is 5.69 Å². The van der Waals surface area contributed by atoms with Crippen LogP contribution in [-0.2, 0) is 0 Å². The molecular weight excluding hydrogens is 322 g/mol. The summed E-state index contributed by atoms with van der Waals surface area (Å²) in [5.74, 6) is 0. The number of aryl methyl sites for hydroxylation is 1. The molecule has 0 atom stereocenters. The third kappa shape index (κ3) is 2.39. The molecule has 2 N–H and O–H groups in total. The first-order valence-electron chi connectivity index (χ1n) is 7.46. The first kappa shape index (κ1) is 14.7. The number of nitrogens with zero attached hydrogens (tertiary/aromatic N) is 4. The summed E-state index contributed by atoms with van der Waals surface area (Å²) in [6.45, 7) is 1.98. The Morgan fingerprint density at radius 1 is 1.12 bits per heavy atom. The minimum atomic E-state index is 0.206. The maximum Gasteiger partial charge on any atom is 0.222 e. The van der Waals surface area contributed by atoms with Crippen molar-refractivity contribution < 1.29 is 0 Å². The predicted octanol–water partition coefficient (Wildman–Crippen LogP) is 4.00. The highest BCUT2D eigenvalue weighted by atomic mass is 35.5. The van der Waals surface area contributed by atoms with E-state index < -0.39 is 0 Å². The molecule has 3 heterocycles. The van der Waals surface area contributed by atoms with Gasteiger partial charge in [-0.15, -0.1) is 0 Å². The van der Waals surface area contributed by atoms with Crippen LogP contribution in [0.2, 0.25) is 5.28 Å². The van der Waals surface area contributed by atoms with E-state index in [-0.39, 0.29) is 5.28 Å². The van der Waals surface area contributed by atoms with Gasteiger partial charge in [0.05, 0.1) is 16.8 Å². The average Bonchev–Trinajstić information content (AvgIpc) is 2.97. The van der Waals surface area contributed by atoms with Crippen molar-refractivity contribution in [1.29, 1.82) is 0 Å². The fourth-order valence-electron chi connectivity index (χ4n) is 2.72. The van der Waals surface area contributed by atoms with Gasteiger partial charge >= 0.3 is 0 Å². The largest absolute Gasteiger partial charge is 0.398 e. The van der Waals surface area contributed by atoms with Crippen LogP contribution in [0.3, 0.4) is 0 Å². The van der Waals surface area contributed by atoms with E-state index in [4.69, 9.17) is 22.4 Å². The smallest absolute Gasteiger partial charge is 0.222 e. The van der Waals surface area contributed by atoms with Gasteiger partial charge in [-0.05, 0) is 48.4 Å². The van der Waals surface area contributed by atoms with Crippen molar-refractivity contribution in [3.63, 3.8) is 0 Å². The molecule has 0 fully saturated rings. The second kappa shape index (κ2) is 5.62. The Morgan fingerprint density at radius 2 is 2.00 bits per heavy atom. The summed E-state index contributed by atoms with van der Waals surface area (Å²) in [5, 5.41) is 4.92. The van der Waals surface area contributed by atoms with Gasteiger partial charge in [-0.1, -0.05) is 18.2 Å². The van der Waals surface area contributed by atoms with Gasteiger partial charge in [0.25, 0.3) is 0 Å². The second-order valence-corrected chi connectivity index (χ2v) is 5.87. The molecule has 0 spiro atoms. The Hall–Kier alpha value is -2.92. The summed E-state index contributed by atoms with van der Waals surface area (Å²) >= 11 is 5.99. The molecule has 4 rings (SSSR count). The van der Waals surface area contributed by atoms with Gasteiger partial charge in [-0.3, -0.25) is 0 Å². The van der Waals surface area contributed by atoms with Crippen LogP contribution in [0.5, 0.6) is 0 Å². The summed E-state index contributed by atoms with van der Waals surface area (Å²) < 4.78 is 1.83. The van der Waals surface area contributed by atoms with Gasteiger partial charge in [0.2, 0.25) is 5.28 Å². The molecule has 1 aromatic carbocycles. The minimum absolute atomic E-state index is 0.206. The SMILES string of the molecule is Cc1ccc(-c2nn3ccccc3c2-c2ccnc(Cl)n2)cc1N. The van der Waals surface area contributed by atoms with Crippen LogP contribution in [0.4, 0.5) is 5.69 Å². The zero-order chi connectivity index (χ0) is 16.7. The highest BCUT2D eigenvalue weighted by Crippen LogP contribution is 2.35. The standard InChI is InChI=1S/C18H14ClN5/c1-11-5-6-12(10-13(11)20)17-16(14-7-8-21-18(19)22-14)15-4-2-3-9-24(15)23-17/h2-10H,20H2,1H3. The molecule has 4 aromatic rings. The number of rotatable bonds is 2. The molecule has 118 valence electrons. The number of aromatic nitrogens is 4. The topological polar surface area (TPSA) is 69.1 Å². The fourth-order valence-corrected chi connectivity index (χ4v) is 2.86. The first-order chi connectivity index (χ1) is 11.6. The number of benzene rings is 1. The van der Waals surface area contributed by atoms with Crippen LogP contribution in [0.25, 0.3) is 28.0 Å². The van der Waals surface area contributed by atoms with E-state index in [1.54, 1.807) is 6.20 Å². The van der Waals surface area contributed by atoms with Crippen molar-refractivity contribution >= 4 is 22.8 Å². The quantitative estimate of drug-likeness (QED) is 0.444. The molecule has 0 bridgehead atoms. The lowest BCUT2D eigenvalue weighted by Crippen LogP contribution is -1.92. The number of nitrogen functional groups attached to an aromatic ring is 1. The molecular formula is C18H14ClN5. The molecule has 0 saturated heterocycles. The van der Waals surface area contributed by atoms with Crippen LogP contribution in [-0.4, -0.2) is 19.6 Å². The summed E-state index contributed by atoms with van der Waals surface area (Å²) in [6.07, 6.45) is 3.55. The van der Waals surface area contributed by atoms with Gasteiger partial charge in [-0.25, -0.2) is 14.5 Å². The van der Waals surface area contributed by atoms with Crippen molar-refractivity contribution in [2.75, 3.05) is 5.73 Å². The van der Waals surface area contributed by atoms with Crippen LogP contribution in [0, 0.1) is 6.92 Å². The summed E-state index contributed by atoms with van der Waals surface area (Å²) in [7, 11) is 0. The third-order valence-electron chi connectivity index (χ3n) is 3.97. The maximum atomic E-state index is 6.08. The summed E-state index contributed by atoms with van der Waals surface area (Å²) in [6, 6.07) is 13.7. The Kier molecular flexibility index (Phi) is 3.43. The van der Waals surface area contributed by atoms with Crippen molar-refractivity contribution in [1.82, 2.24) is 19.6 Å². The number of pyridine rings is 1. The monoisotopic (exact) mass is 335 g/mol. The Labute approximate surface area is 143 Å². The van der Waals surface area contributed by atoms with E-state index in [9.17, 15) is 0 Å². The minimum Gasteiger partial charge on any atom is -0.398 e. The highest BCUT2D eigenvalue weighted by Gasteiger charge is 2.18. The predicted molar refractivity (Wildman–Crippen MR) is 95.8 cm³/mol. The summed E-state index contributed by atoms with van der Waals surface area (Å²) in [5.41, 5.74) is 12.2. The zero-order valence-electron chi connectivity index (χ0n) is 12.9. The molecule has 0 saturated carbocycles. The molecule has 0 aliphatic heterocycles. The van der Waals surface area contributed by atoms with E-state index in [1.165, 1.54) is 0 Å². The van der Waals surface area contributed by atoms with Crippen LogP contribution >= 0.6 is 11.6 Å². The van der Waals surface area contributed by atoms with E-state index in [0.29, 0.717) is 0 Å². The fraction of sp³-hybridized carbons (Fsp3) is 0.0556. The molecule has 0 aliphatic rings. The average molecular weight is 336 g/mol. The lowest BCUT2D eigenvalue weighted by atomic mass is 10.0. The molecule has 0 aliphatic carbocycles. The summed E-state index contributed by atoms with van der Waals surface area (Å²) in [4.78, 5) is 8.33. The lowest BCUT2D eigenvalue weighted by molar-refractivity contribution is 0.966. The molecule has 3 aromatic heterocycles. The maximum absolute atomic E-state index is 6.08. The first-order valence-corrected chi connectivity index (χ1v) is 7.84. The van der Waals surface area contributed by atoms with Crippen LogP contribution in [0.1, 0.15) is 5.56 Å². The van der Waals surface area contributed by atoms with Crippen molar-refractivity contribution in [3.05, 3.63) is 65.7 Å². The number of anilines is 1. The van der Waals surface area contributed by atoms with Crippen molar-refractivity contribution in [2.45, 2.75) is 6.92 Å². The zero-order valence-corrected chi connectivity index (χ0v) is 13.7. The Bertz CT molecular complexity index is 1050. The van der Waals surface area contributed by atoms with E-state index in [2.05, 4.69) is 9.97 Å². The van der Waals surface area contributed by atoms with Crippen molar-refractivity contribution in [3.8, 4) is 22.5 Å². The number of hydrogen-bond acceptors (Lipinski definition) is 4. The number of nitrogens with two attached hydrogens (primary N) is 1. The molecule has 0 amide bonds. The van der Waals surface area contributed by atoms with Gasteiger partial charge in [-0.2, -0.15) is 5.10 Å². The molecule has 6 heteroatoms. The highest BCUT2D eigenvalue weighted by molar-refractivity contribution is 6.28. The Balaban J connectivity index is 2.05. The van der Waals surface area contributed by atoms with E-state index in [1.807, 2.05) is 60.1 Å². The van der Waals surface area contributed by atoms with Gasteiger partial charge in [0, 0.05) is 23.6 Å². The van der Waals surface area contributed by atoms with Crippen LogP contribution < -0.4 is 5.73 Å². The molecule has 5 nitrogen and oxygen atoms in total. The van der Waals surface area contributed by atoms with E-state index >= 15 is 0 Å². The molecule has 0 unspecified atom stereocenters. The van der Waals surface area contributed by atoms with Crippen molar-refractivity contribution in [2.24, 2.45) is 0 Å². The molecule has 24 heavy (non-hydrogen) atoms. The number of halogens is 1. The van der Waals surface area contributed by atoms with Gasteiger partial charge < -0.3 is 5.73 Å². The second-order valence-electron chi connectivity index (χ2n) is 5.54. The number of hydrogen-bond donors (Lipinski definition) is 1. The van der Waals surface area contributed by atoms with Crippen LogP contribution in [0.15, 0.2) is 54.9 Å². The Morgan fingerprint density at radius 3 is 2.79 bits per heavy atom. The normalized spacial score (nSPS) is 11.1. The van der Waals surface area contributed by atoms with E-state index in [0.717, 1.165) is 39.3 Å². The third-order valence-corrected chi connectivity index (χ3v) is 4.16. The number of fused-ring (bicyclic) bond motifs is 1. The molecule has 0 radical (unpaired) electrons. The van der Waals surface area contributed by atoms with Gasteiger partial charge in [0.15, 0.2) is 0 Å². The lowest BCUT2D eigenvalue weighted by Gasteiger charge is -2.06.